The van der Waals surface area contributed by atoms with Gasteiger partial charge in [-0.25, -0.2) is 9.78 Å². The summed E-state index contributed by atoms with van der Waals surface area (Å²) in [5.74, 6) is 2.51. The maximum atomic E-state index is 11.2. The van der Waals surface area contributed by atoms with E-state index in [4.69, 9.17) is 4.42 Å². The van der Waals surface area contributed by atoms with Gasteiger partial charge in [0.25, 0.3) is 0 Å². The highest BCUT2D eigenvalue weighted by atomic mass is 16.4. The topological polar surface area (TPSA) is 63.3 Å². The molecule has 1 N–H and O–H groups in total. The molecule has 18 heavy (non-hydrogen) atoms. The first kappa shape index (κ1) is 10.6. The molecule has 5 rings (SSSR count). The second kappa shape index (κ2) is 3.59. The van der Waals surface area contributed by atoms with Crippen molar-refractivity contribution in [2.45, 2.75) is 38.0 Å². The van der Waals surface area contributed by atoms with Crippen LogP contribution in [-0.4, -0.2) is 16.1 Å². The smallest absolute Gasteiger partial charge is 0.373 e. The van der Waals surface area contributed by atoms with Crippen molar-refractivity contribution in [2.24, 2.45) is 23.7 Å². The molecule has 0 atom stereocenters. The predicted octanol–water partition coefficient (Wildman–Crippen LogP) is 2.91. The van der Waals surface area contributed by atoms with Crippen LogP contribution in [0.25, 0.3) is 0 Å². The molecule has 4 bridgehead atoms. The van der Waals surface area contributed by atoms with Crippen LogP contribution in [0.15, 0.2) is 10.8 Å². The van der Waals surface area contributed by atoms with E-state index < -0.39 is 5.97 Å². The molecule has 0 amide bonds. The number of carboxylic acid groups (broad SMARTS) is 1. The van der Waals surface area contributed by atoms with Crippen LogP contribution in [0.1, 0.15) is 54.3 Å². The molecular weight excluding hydrogens is 230 g/mol. The number of hydrogen-bond donors (Lipinski definition) is 1. The fourth-order valence-corrected chi connectivity index (χ4v) is 5.02. The highest BCUT2D eigenvalue weighted by Crippen LogP contribution is 2.59. The van der Waals surface area contributed by atoms with E-state index in [9.17, 15) is 9.90 Å². The molecule has 96 valence electrons. The Morgan fingerprint density at radius 2 is 1.78 bits per heavy atom. The van der Waals surface area contributed by atoms with E-state index in [1.165, 1.54) is 38.5 Å². The number of aromatic carboxylic acids is 1. The summed E-state index contributed by atoms with van der Waals surface area (Å²) in [5, 5.41) is 9.18. The van der Waals surface area contributed by atoms with Crippen molar-refractivity contribution in [3.05, 3.63) is 17.8 Å². The van der Waals surface area contributed by atoms with Gasteiger partial charge in [-0.15, -0.1) is 0 Å². The molecule has 0 spiro atoms. The van der Waals surface area contributed by atoms with Gasteiger partial charge in [0.05, 0.1) is 5.69 Å². The van der Waals surface area contributed by atoms with E-state index in [1.807, 2.05) is 0 Å². The normalized spacial score (nSPS) is 41.2. The Hall–Kier alpha value is -1.32. The molecular formula is C14H17NO3. The molecule has 1 aromatic rings. The van der Waals surface area contributed by atoms with Crippen molar-refractivity contribution in [3.63, 3.8) is 0 Å². The summed E-state index contributed by atoms with van der Waals surface area (Å²) in [6.07, 6.45) is 7.77. The van der Waals surface area contributed by atoms with Crippen molar-refractivity contribution < 1.29 is 14.3 Å². The number of nitrogens with zero attached hydrogens (tertiary/aromatic N) is 1. The summed E-state index contributed by atoms with van der Waals surface area (Å²) in [6.45, 7) is 0. The van der Waals surface area contributed by atoms with Crippen molar-refractivity contribution >= 4 is 5.97 Å². The number of aromatic nitrogens is 1. The molecule has 0 radical (unpaired) electrons. The van der Waals surface area contributed by atoms with Gasteiger partial charge in [0, 0.05) is 5.92 Å². The van der Waals surface area contributed by atoms with Gasteiger partial charge in [-0.2, -0.15) is 0 Å². The average molecular weight is 247 g/mol. The molecule has 4 nitrogen and oxygen atoms in total. The van der Waals surface area contributed by atoms with Gasteiger partial charge in [-0.3, -0.25) is 0 Å². The summed E-state index contributed by atoms with van der Waals surface area (Å²) in [7, 11) is 0. The van der Waals surface area contributed by atoms with Crippen LogP contribution in [0.5, 0.6) is 0 Å². The SMILES string of the molecule is O=C(O)c1ocnc1C1C2CC3CC(C2)CC1C3. The standard InChI is InChI=1S/C14H17NO3/c16-14(17)13-12(15-6-18-13)11-9-2-7-1-8(4-9)5-10(11)3-7/h6-11H,1-5H2,(H,16,17). The lowest BCUT2D eigenvalue weighted by Gasteiger charge is -2.54. The lowest BCUT2D eigenvalue weighted by molar-refractivity contribution is -0.00469. The van der Waals surface area contributed by atoms with Gasteiger partial charge in [0.2, 0.25) is 5.76 Å². The molecule has 1 aromatic heterocycles. The molecule has 4 saturated carbocycles. The molecule has 0 aliphatic heterocycles. The molecule has 0 aromatic carbocycles. The summed E-state index contributed by atoms with van der Waals surface area (Å²) >= 11 is 0. The van der Waals surface area contributed by atoms with E-state index in [0.717, 1.165) is 17.5 Å². The van der Waals surface area contributed by atoms with Crippen LogP contribution in [0.4, 0.5) is 0 Å². The van der Waals surface area contributed by atoms with Crippen LogP contribution in [0, 0.1) is 23.7 Å². The number of oxazole rings is 1. The predicted molar refractivity (Wildman–Crippen MR) is 63.2 cm³/mol. The van der Waals surface area contributed by atoms with E-state index in [2.05, 4.69) is 4.98 Å². The quantitative estimate of drug-likeness (QED) is 0.872. The molecule has 0 unspecified atom stereocenters. The zero-order valence-corrected chi connectivity index (χ0v) is 10.2. The Balaban J connectivity index is 1.72. The third-order valence-corrected chi connectivity index (χ3v) is 5.33. The summed E-state index contributed by atoms with van der Waals surface area (Å²) < 4.78 is 5.07. The van der Waals surface area contributed by atoms with Crippen LogP contribution < -0.4 is 0 Å². The van der Waals surface area contributed by atoms with Gasteiger partial charge in [0.15, 0.2) is 6.39 Å². The Morgan fingerprint density at radius 1 is 1.17 bits per heavy atom. The molecule has 4 heteroatoms. The molecule has 0 saturated heterocycles. The van der Waals surface area contributed by atoms with E-state index in [0.29, 0.717) is 17.8 Å². The van der Waals surface area contributed by atoms with E-state index in [-0.39, 0.29) is 5.76 Å². The Morgan fingerprint density at radius 3 is 2.33 bits per heavy atom. The van der Waals surface area contributed by atoms with Gasteiger partial charge in [-0.1, -0.05) is 0 Å². The van der Waals surface area contributed by atoms with Crippen LogP contribution in [-0.2, 0) is 0 Å². The van der Waals surface area contributed by atoms with Gasteiger partial charge < -0.3 is 9.52 Å². The number of rotatable bonds is 2. The first-order chi connectivity index (χ1) is 8.72. The summed E-state index contributed by atoms with van der Waals surface area (Å²) in [6, 6.07) is 0. The number of carbonyl (C=O) groups is 1. The Labute approximate surface area is 105 Å². The van der Waals surface area contributed by atoms with Gasteiger partial charge >= 0.3 is 5.97 Å². The maximum absolute atomic E-state index is 11.2. The van der Waals surface area contributed by atoms with Crippen LogP contribution in [0.2, 0.25) is 0 Å². The second-order valence-electron chi connectivity index (χ2n) is 6.33. The average Bonchev–Trinajstić information content (AvgIpc) is 2.76. The minimum absolute atomic E-state index is 0.0764. The summed E-state index contributed by atoms with van der Waals surface area (Å²) in [4.78, 5) is 15.4. The van der Waals surface area contributed by atoms with Crippen molar-refractivity contribution in [3.8, 4) is 0 Å². The molecule has 4 aliphatic rings. The van der Waals surface area contributed by atoms with Gasteiger partial charge in [0.1, 0.15) is 0 Å². The minimum Gasteiger partial charge on any atom is -0.475 e. The summed E-state index contributed by atoms with van der Waals surface area (Å²) in [5.41, 5.74) is 0.719. The largest absolute Gasteiger partial charge is 0.475 e. The second-order valence-corrected chi connectivity index (χ2v) is 6.33. The number of hydrogen-bond acceptors (Lipinski definition) is 3. The first-order valence-corrected chi connectivity index (χ1v) is 6.89. The van der Waals surface area contributed by atoms with E-state index >= 15 is 0 Å². The number of carboxylic acids is 1. The van der Waals surface area contributed by atoms with E-state index in [1.54, 1.807) is 0 Å². The monoisotopic (exact) mass is 247 g/mol. The fourth-order valence-electron chi connectivity index (χ4n) is 5.02. The highest BCUT2D eigenvalue weighted by Gasteiger charge is 2.50. The minimum atomic E-state index is -0.976. The first-order valence-electron chi connectivity index (χ1n) is 6.89. The van der Waals surface area contributed by atoms with Crippen molar-refractivity contribution in [2.75, 3.05) is 0 Å². The maximum Gasteiger partial charge on any atom is 0.373 e. The van der Waals surface area contributed by atoms with Crippen molar-refractivity contribution in [1.29, 1.82) is 0 Å². The Bertz CT molecular complexity index is 465. The Kier molecular flexibility index (Phi) is 2.11. The molecule has 4 fully saturated rings. The third-order valence-electron chi connectivity index (χ3n) is 5.33. The zero-order valence-electron chi connectivity index (χ0n) is 10.2. The van der Waals surface area contributed by atoms with Crippen molar-refractivity contribution in [1.82, 2.24) is 4.98 Å². The third kappa shape index (κ3) is 1.38. The van der Waals surface area contributed by atoms with Gasteiger partial charge in [-0.05, 0) is 55.8 Å². The highest BCUT2D eigenvalue weighted by molar-refractivity contribution is 5.85. The van der Waals surface area contributed by atoms with Crippen LogP contribution in [0.3, 0.4) is 0 Å². The lowest BCUT2D eigenvalue weighted by atomic mass is 9.51. The lowest BCUT2D eigenvalue weighted by Crippen LogP contribution is -2.44. The molecule has 4 aliphatic carbocycles. The molecule has 1 heterocycles. The fraction of sp³-hybridized carbons (Fsp3) is 0.714. The van der Waals surface area contributed by atoms with Crippen LogP contribution >= 0.6 is 0 Å². The zero-order chi connectivity index (χ0) is 12.3.